The van der Waals surface area contributed by atoms with Crippen LogP contribution in [0.15, 0.2) is 17.5 Å². The van der Waals surface area contributed by atoms with Crippen LogP contribution in [0, 0.1) is 0 Å². The van der Waals surface area contributed by atoms with Crippen molar-refractivity contribution < 1.29 is 9.59 Å². The minimum Gasteiger partial charge on any atom is -0.353 e. The molecule has 3 rings (SSSR count). The van der Waals surface area contributed by atoms with E-state index in [1.165, 1.54) is 4.88 Å². The molecule has 0 radical (unpaired) electrons. The Morgan fingerprint density at radius 1 is 1.24 bits per heavy atom. The highest BCUT2D eigenvalue weighted by atomic mass is 32.2. The van der Waals surface area contributed by atoms with E-state index in [2.05, 4.69) is 58.3 Å². The number of thioether (sulfide) groups is 1. The van der Waals surface area contributed by atoms with Crippen molar-refractivity contribution in [3.8, 4) is 0 Å². The highest BCUT2D eigenvalue weighted by Gasteiger charge is 2.41. The van der Waals surface area contributed by atoms with E-state index in [9.17, 15) is 9.59 Å². The second-order valence-electron chi connectivity index (χ2n) is 10.8. The van der Waals surface area contributed by atoms with Crippen LogP contribution in [0.1, 0.15) is 62.9 Å². The molecule has 0 aromatic carbocycles. The van der Waals surface area contributed by atoms with Gasteiger partial charge in [-0.2, -0.15) is 5.10 Å². The maximum atomic E-state index is 13.4. The molecular weight excluding hydrogens is 454 g/mol. The Bertz CT molecular complexity index is 984. The molecule has 0 spiro atoms. The molecule has 1 N–H and O–H groups in total. The van der Waals surface area contributed by atoms with E-state index in [1.54, 1.807) is 28.0 Å². The van der Waals surface area contributed by atoms with Gasteiger partial charge in [0.15, 0.2) is 0 Å². The molecule has 1 aliphatic heterocycles. The summed E-state index contributed by atoms with van der Waals surface area (Å²) in [7, 11) is 3.93. The minimum atomic E-state index is -0.359. The summed E-state index contributed by atoms with van der Waals surface area (Å²) >= 11 is 3.32. The third-order valence-electron chi connectivity index (χ3n) is 5.42. The van der Waals surface area contributed by atoms with Crippen LogP contribution in [-0.4, -0.2) is 66.0 Å². The van der Waals surface area contributed by atoms with Gasteiger partial charge in [0.1, 0.15) is 12.4 Å². The number of fused-ring (bicyclic) bond motifs is 1. The molecule has 7 nitrogen and oxygen atoms in total. The monoisotopic (exact) mass is 491 g/mol. The number of hydrogen-bond acceptors (Lipinski definition) is 6. The fraction of sp³-hybridized carbons (Fsp3) is 0.625. The van der Waals surface area contributed by atoms with E-state index < -0.39 is 0 Å². The van der Waals surface area contributed by atoms with Gasteiger partial charge < -0.3 is 10.2 Å². The van der Waals surface area contributed by atoms with Crippen molar-refractivity contribution >= 4 is 40.7 Å². The zero-order valence-electron chi connectivity index (χ0n) is 21.1. The number of thiophene rings is 1. The third-order valence-corrected chi connectivity index (χ3v) is 7.74. The Morgan fingerprint density at radius 3 is 2.48 bits per heavy atom. The van der Waals surface area contributed by atoms with E-state index in [-0.39, 0.29) is 34.6 Å². The van der Waals surface area contributed by atoms with Gasteiger partial charge in [-0.3, -0.25) is 14.5 Å². The molecule has 9 heteroatoms. The smallest absolute Gasteiger partial charge is 0.240 e. The zero-order chi connectivity index (χ0) is 24.6. The maximum absolute atomic E-state index is 13.4. The van der Waals surface area contributed by atoms with Gasteiger partial charge in [0.25, 0.3) is 0 Å². The Morgan fingerprint density at radius 2 is 1.94 bits per heavy atom. The summed E-state index contributed by atoms with van der Waals surface area (Å²) in [5.74, 6) is 0.850. The molecule has 2 aromatic rings. The summed E-state index contributed by atoms with van der Waals surface area (Å²) in [6, 6.07) is 4.18. The quantitative estimate of drug-likeness (QED) is 0.665. The number of nitrogens with zero attached hydrogens (tertiary/aromatic N) is 4. The van der Waals surface area contributed by atoms with E-state index >= 15 is 0 Å². The standard InChI is InChI=1S/C24H37N5O2S2/c1-23(2,3)21-19-20(16-10-9-13-32-16)33-15-18(31)28(14-17(30)25-11-12-27(7)8)22(19)29(26-21)24(4,5)6/h9-10,13,20H,11-12,14-15H2,1-8H3,(H,25,30). The van der Waals surface area contributed by atoms with Crippen molar-refractivity contribution in [2.45, 2.75) is 57.7 Å². The summed E-state index contributed by atoms with van der Waals surface area (Å²) in [5.41, 5.74) is 1.45. The van der Waals surface area contributed by atoms with Gasteiger partial charge in [0.2, 0.25) is 11.8 Å². The molecule has 0 saturated heterocycles. The van der Waals surface area contributed by atoms with E-state index in [0.717, 1.165) is 23.6 Å². The average Bonchev–Trinajstić information content (AvgIpc) is 3.31. The Hall–Kier alpha value is -1.84. The lowest BCUT2D eigenvalue weighted by molar-refractivity contribution is -0.123. The van der Waals surface area contributed by atoms with E-state index in [0.29, 0.717) is 12.3 Å². The lowest BCUT2D eigenvalue weighted by Gasteiger charge is -2.28. The van der Waals surface area contributed by atoms with Crippen LogP contribution in [0.5, 0.6) is 0 Å². The van der Waals surface area contributed by atoms with Crippen molar-refractivity contribution in [1.29, 1.82) is 0 Å². The lowest BCUT2D eigenvalue weighted by Crippen LogP contribution is -2.44. The van der Waals surface area contributed by atoms with Crippen molar-refractivity contribution in [2.24, 2.45) is 0 Å². The summed E-state index contributed by atoms with van der Waals surface area (Å²) in [6.07, 6.45) is 0. The summed E-state index contributed by atoms with van der Waals surface area (Å²) < 4.78 is 1.96. The zero-order valence-corrected chi connectivity index (χ0v) is 22.7. The van der Waals surface area contributed by atoms with Gasteiger partial charge in [-0.25, -0.2) is 4.68 Å². The van der Waals surface area contributed by atoms with Crippen LogP contribution in [0.25, 0.3) is 0 Å². The predicted molar refractivity (Wildman–Crippen MR) is 138 cm³/mol. The van der Waals surface area contributed by atoms with Crippen LogP contribution >= 0.6 is 23.1 Å². The first-order chi connectivity index (χ1) is 15.3. The van der Waals surface area contributed by atoms with Gasteiger partial charge in [0.05, 0.1) is 22.2 Å². The summed E-state index contributed by atoms with van der Waals surface area (Å²) in [6.45, 7) is 14.0. The number of carbonyl (C=O) groups is 2. The molecule has 33 heavy (non-hydrogen) atoms. The number of hydrogen-bond donors (Lipinski definition) is 1. The predicted octanol–water partition coefficient (Wildman–Crippen LogP) is 3.84. The number of nitrogens with one attached hydrogen (secondary N) is 1. The maximum Gasteiger partial charge on any atom is 0.240 e. The lowest BCUT2D eigenvalue weighted by atomic mass is 9.88. The SMILES string of the molecule is CN(C)CCNC(=O)CN1C(=O)CSC(c2cccs2)c2c(C(C)(C)C)nn(C(C)(C)C)c21. The fourth-order valence-electron chi connectivity index (χ4n) is 3.82. The average molecular weight is 492 g/mol. The number of likely N-dealkylation sites (N-methyl/N-ethyl adjacent to an activating group) is 1. The van der Waals surface area contributed by atoms with E-state index in [1.807, 2.05) is 29.7 Å². The van der Waals surface area contributed by atoms with Crippen molar-refractivity contribution in [3.05, 3.63) is 33.6 Å². The molecule has 1 unspecified atom stereocenters. The van der Waals surface area contributed by atoms with Crippen LogP contribution in [0.4, 0.5) is 5.82 Å². The molecule has 0 fully saturated rings. The molecule has 0 saturated carbocycles. The number of anilines is 1. The van der Waals surface area contributed by atoms with Crippen LogP contribution in [0.2, 0.25) is 0 Å². The van der Waals surface area contributed by atoms with Gasteiger partial charge >= 0.3 is 0 Å². The second kappa shape index (κ2) is 9.80. The topological polar surface area (TPSA) is 70.5 Å². The second-order valence-corrected chi connectivity index (χ2v) is 12.8. The highest BCUT2D eigenvalue weighted by Crippen LogP contribution is 2.49. The number of aromatic nitrogens is 2. The molecule has 1 atom stereocenters. The van der Waals surface area contributed by atoms with E-state index in [4.69, 9.17) is 5.10 Å². The molecule has 2 amide bonds. The molecule has 0 aliphatic carbocycles. The normalized spacial score (nSPS) is 17.3. The Kier molecular flexibility index (Phi) is 7.65. The molecule has 182 valence electrons. The summed E-state index contributed by atoms with van der Waals surface area (Å²) in [5, 5.41) is 10.1. The first-order valence-electron chi connectivity index (χ1n) is 11.3. The molecular formula is C24H37N5O2S2. The Balaban J connectivity index is 2.15. The van der Waals surface area contributed by atoms with Gasteiger partial charge in [0, 0.05) is 28.9 Å². The first kappa shape index (κ1) is 25.8. The van der Waals surface area contributed by atoms with Crippen molar-refractivity contribution in [2.75, 3.05) is 44.4 Å². The Labute approximate surface area is 205 Å². The van der Waals surface area contributed by atoms with Crippen molar-refractivity contribution in [3.63, 3.8) is 0 Å². The highest BCUT2D eigenvalue weighted by molar-refractivity contribution is 8.00. The van der Waals surface area contributed by atoms with Crippen LogP contribution in [-0.2, 0) is 20.5 Å². The number of carbonyl (C=O) groups excluding carboxylic acids is 2. The summed E-state index contributed by atoms with van der Waals surface area (Å²) in [4.78, 5) is 31.2. The minimum absolute atomic E-state index is 0.00363. The number of amides is 2. The first-order valence-corrected chi connectivity index (χ1v) is 13.2. The third kappa shape index (κ3) is 5.81. The van der Waals surface area contributed by atoms with Crippen molar-refractivity contribution in [1.82, 2.24) is 20.0 Å². The van der Waals surface area contributed by atoms with Crippen LogP contribution in [0.3, 0.4) is 0 Å². The molecule has 1 aliphatic rings. The van der Waals surface area contributed by atoms with Gasteiger partial charge in [-0.05, 0) is 46.3 Å². The number of rotatable bonds is 6. The molecule has 3 heterocycles. The van der Waals surface area contributed by atoms with Crippen LogP contribution < -0.4 is 10.2 Å². The van der Waals surface area contributed by atoms with Gasteiger partial charge in [-0.15, -0.1) is 23.1 Å². The molecule has 0 bridgehead atoms. The fourth-order valence-corrected chi connectivity index (χ4v) is 6.00. The molecule has 2 aromatic heterocycles. The largest absolute Gasteiger partial charge is 0.353 e. The van der Waals surface area contributed by atoms with Gasteiger partial charge in [-0.1, -0.05) is 26.8 Å².